The molecule has 1 saturated heterocycles. The molecule has 3 atom stereocenters. The molecule has 0 saturated carbocycles. The van der Waals surface area contributed by atoms with E-state index in [-0.39, 0.29) is 17.6 Å². The monoisotopic (exact) mass is 284 g/mol. The first-order valence-electron chi connectivity index (χ1n) is 5.49. The van der Waals surface area contributed by atoms with Crippen molar-refractivity contribution in [1.29, 1.82) is 0 Å². The molecular formula is C13H17BrO2. The summed E-state index contributed by atoms with van der Waals surface area (Å²) in [5, 5.41) is 10.2. The molecule has 3 unspecified atom stereocenters. The summed E-state index contributed by atoms with van der Waals surface area (Å²) in [6.45, 7) is 6.39. The fourth-order valence-corrected chi connectivity index (χ4v) is 2.47. The third-order valence-electron chi connectivity index (χ3n) is 2.91. The van der Waals surface area contributed by atoms with Crippen molar-refractivity contribution in [3.8, 4) is 0 Å². The van der Waals surface area contributed by atoms with E-state index in [1.807, 2.05) is 24.3 Å². The van der Waals surface area contributed by atoms with E-state index < -0.39 is 6.10 Å². The zero-order chi connectivity index (χ0) is 11.9. The van der Waals surface area contributed by atoms with E-state index in [0.717, 1.165) is 10.0 Å². The van der Waals surface area contributed by atoms with Gasteiger partial charge in [-0.25, -0.2) is 0 Å². The Bertz CT molecular complexity index is 384. The Morgan fingerprint density at radius 1 is 1.31 bits per heavy atom. The Hall–Kier alpha value is -0.380. The van der Waals surface area contributed by atoms with E-state index in [2.05, 4.69) is 36.7 Å². The van der Waals surface area contributed by atoms with Crippen LogP contribution in [0.3, 0.4) is 0 Å². The predicted octanol–water partition coefficient (Wildman–Crippen LogP) is 3.30. The van der Waals surface area contributed by atoms with Gasteiger partial charge in [-0.1, -0.05) is 54.9 Å². The molecule has 3 heteroatoms. The van der Waals surface area contributed by atoms with E-state index in [4.69, 9.17) is 4.74 Å². The van der Waals surface area contributed by atoms with Gasteiger partial charge < -0.3 is 9.84 Å². The minimum atomic E-state index is -0.542. The molecule has 16 heavy (non-hydrogen) atoms. The highest BCUT2D eigenvalue weighted by Gasteiger charge is 2.51. The molecule has 1 aliphatic heterocycles. The number of aliphatic hydroxyl groups excluding tert-OH is 1. The number of hydrogen-bond acceptors (Lipinski definition) is 2. The van der Waals surface area contributed by atoms with Crippen LogP contribution in [0, 0.1) is 5.41 Å². The lowest BCUT2D eigenvalue weighted by Crippen LogP contribution is -2.19. The van der Waals surface area contributed by atoms with Crippen molar-refractivity contribution in [3.63, 3.8) is 0 Å². The maximum Gasteiger partial charge on any atom is 0.115 e. The second-order valence-corrected chi connectivity index (χ2v) is 6.21. The summed E-state index contributed by atoms with van der Waals surface area (Å²) in [4.78, 5) is 0. The molecule has 2 nitrogen and oxygen atoms in total. The fourth-order valence-electron chi connectivity index (χ4n) is 1.95. The quantitative estimate of drug-likeness (QED) is 0.846. The molecule has 0 bridgehead atoms. The van der Waals surface area contributed by atoms with Gasteiger partial charge in [-0.2, -0.15) is 0 Å². The van der Waals surface area contributed by atoms with Crippen molar-refractivity contribution in [3.05, 3.63) is 34.3 Å². The SMILES string of the molecule is CC(C)(C)C1OC1C(O)c1ccccc1Br. The molecule has 1 fully saturated rings. The van der Waals surface area contributed by atoms with Crippen LogP contribution in [0.2, 0.25) is 0 Å². The summed E-state index contributed by atoms with van der Waals surface area (Å²) >= 11 is 3.45. The van der Waals surface area contributed by atoms with Gasteiger partial charge in [0.15, 0.2) is 0 Å². The Morgan fingerprint density at radius 2 is 1.94 bits per heavy atom. The van der Waals surface area contributed by atoms with Crippen molar-refractivity contribution in [2.24, 2.45) is 5.41 Å². The van der Waals surface area contributed by atoms with Crippen molar-refractivity contribution in [2.75, 3.05) is 0 Å². The highest BCUT2D eigenvalue weighted by Crippen LogP contribution is 2.45. The van der Waals surface area contributed by atoms with Gasteiger partial charge in [-0.05, 0) is 17.0 Å². The predicted molar refractivity (Wildman–Crippen MR) is 67.2 cm³/mol. The van der Waals surface area contributed by atoms with Gasteiger partial charge >= 0.3 is 0 Å². The van der Waals surface area contributed by atoms with E-state index in [1.54, 1.807) is 0 Å². The van der Waals surface area contributed by atoms with Crippen molar-refractivity contribution >= 4 is 15.9 Å². The van der Waals surface area contributed by atoms with E-state index >= 15 is 0 Å². The molecule has 1 N–H and O–H groups in total. The minimum Gasteiger partial charge on any atom is -0.386 e. The molecule has 1 aliphatic rings. The van der Waals surface area contributed by atoms with Gasteiger partial charge in [0.1, 0.15) is 12.2 Å². The lowest BCUT2D eigenvalue weighted by molar-refractivity contribution is 0.136. The highest BCUT2D eigenvalue weighted by atomic mass is 79.9. The normalized spacial score (nSPS) is 26.6. The minimum absolute atomic E-state index is 0.0706. The third-order valence-corrected chi connectivity index (χ3v) is 3.64. The van der Waals surface area contributed by atoms with Gasteiger partial charge in [0.25, 0.3) is 0 Å². The van der Waals surface area contributed by atoms with Crippen LogP contribution in [0.4, 0.5) is 0 Å². The molecule has 0 aromatic heterocycles. The van der Waals surface area contributed by atoms with Crippen LogP contribution in [-0.2, 0) is 4.74 Å². The summed E-state index contributed by atoms with van der Waals surface area (Å²) in [7, 11) is 0. The second kappa shape index (κ2) is 4.13. The van der Waals surface area contributed by atoms with Crippen LogP contribution in [0.1, 0.15) is 32.4 Å². The average Bonchev–Trinajstić information content (AvgIpc) is 2.96. The fraction of sp³-hybridized carbons (Fsp3) is 0.538. The first-order valence-corrected chi connectivity index (χ1v) is 6.28. The van der Waals surface area contributed by atoms with Crippen LogP contribution in [0.5, 0.6) is 0 Å². The van der Waals surface area contributed by atoms with E-state index in [1.165, 1.54) is 0 Å². The van der Waals surface area contributed by atoms with Gasteiger partial charge in [-0.3, -0.25) is 0 Å². The maximum absolute atomic E-state index is 10.2. The molecule has 1 heterocycles. The van der Waals surface area contributed by atoms with Crippen LogP contribution < -0.4 is 0 Å². The zero-order valence-corrected chi connectivity index (χ0v) is 11.4. The molecule has 2 rings (SSSR count). The lowest BCUT2D eigenvalue weighted by atomic mass is 9.88. The zero-order valence-electron chi connectivity index (χ0n) is 9.77. The van der Waals surface area contributed by atoms with Crippen molar-refractivity contribution in [1.82, 2.24) is 0 Å². The first kappa shape index (κ1) is 12.1. The Morgan fingerprint density at radius 3 is 2.44 bits per heavy atom. The average molecular weight is 285 g/mol. The van der Waals surface area contributed by atoms with Gasteiger partial charge in [-0.15, -0.1) is 0 Å². The summed E-state index contributed by atoms with van der Waals surface area (Å²) in [6.07, 6.45) is -0.465. The van der Waals surface area contributed by atoms with Crippen molar-refractivity contribution in [2.45, 2.75) is 39.1 Å². The second-order valence-electron chi connectivity index (χ2n) is 5.35. The summed E-state index contributed by atoms with van der Waals surface area (Å²) in [6, 6.07) is 7.73. The van der Waals surface area contributed by atoms with E-state index in [9.17, 15) is 5.11 Å². The van der Waals surface area contributed by atoms with Crippen molar-refractivity contribution < 1.29 is 9.84 Å². The highest BCUT2D eigenvalue weighted by molar-refractivity contribution is 9.10. The number of epoxide rings is 1. The standard InChI is InChI=1S/C13H17BrO2/c1-13(2,3)12-11(16-12)10(15)8-6-4-5-7-9(8)14/h4-7,10-12,15H,1-3H3. The van der Waals surface area contributed by atoms with Gasteiger partial charge in [0, 0.05) is 4.47 Å². The number of benzene rings is 1. The van der Waals surface area contributed by atoms with Crippen LogP contribution in [0.25, 0.3) is 0 Å². The molecule has 0 amide bonds. The molecule has 0 spiro atoms. The summed E-state index contributed by atoms with van der Waals surface area (Å²) in [5.41, 5.74) is 0.992. The number of rotatable bonds is 2. The topological polar surface area (TPSA) is 32.8 Å². The third kappa shape index (κ3) is 2.31. The van der Waals surface area contributed by atoms with Crippen LogP contribution in [0.15, 0.2) is 28.7 Å². The van der Waals surface area contributed by atoms with Gasteiger partial charge in [0.05, 0.1) is 6.10 Å². The Kier molecular flexibility index (Phi) is 3.12. The van der Waals surface area contributed by atoms with Crippen LogP contribution >= 0.6 is 15.9 Å². The van der Waals surface area contributed by atoms with Crippen LogP contribution in [-0.4, -0.2) is 17.3 Å². The number of halogens is 1. The summed E-state index contributed by atoms with van der Waals surface area (Å²) < 4.78 is 6.52. The number of hydrogen-bond donors (Lipinski definition) is 1. The molecule has 88 valence electrons. The number of ether oxygens (including phenoxy) is 1. The molecule has 1 aromatic carbocycles. The molecular weight excluding hydrogens is 268 g/mol. The largest absolute Gasteiger partial charge is 0.386 e. The Labute approximate surface area is 105 Å². The maximum atomic E-state index is 10.2. The lowest BCUT2D eigenvalue weighted by Gasteiger charge is -2.16. The first-order chi connectivity index (χ1) is 7.41. The molecule has 1 aromatic rings. The van der Waals surface area contributed by atoms with E-state index in [0.29, 0.717) is 0 Å². The Balaban J connectivity index is 2.11. The number of aliphatic hydroxyl groups is 1. The van der Waals surface area contributed by atoms with Gasteiger partial charge in [0.2, 0.25) is 0 Å². The molecule has 0 radical (unpaired) electrons. The smallest absolute Gasteiger partial charge is 0.115 e. The molecule has 0 aliphatic carbocycles. The summed E-state index contributed by atoms with van der Waals surface area (Å²) in [5.74, 6) is 0.